The third-order valence-electron chi connectivity index (χ3n) is 5.03. The van der Waals surface area contributed by atoms with Crippen LogP contribution >= 0.6 is 15.9 Å². The van der Waals surface area contributed by atoms with Gasteiger partial charge >= 0.3 is 0 Å². The summed E-state index contributed by atoms with van der Waals surface area (Å²) in [6.45, 7) is 4.35. The van der Waals surface area contributed by atoms with E-state index in [0.29, 0.717) is 17.0 Å². The molecule has 23 heavy (non-hydrogen) atoms. The summed E-state index contributed by atoms with van der Waals surface area (Å²) in [6.07, 6.45) is 2.63. The van der Waals surface area contributed by atoms with Crippen molar-refractivity contribution in [2.24, 2.45) is 10.7 Å². The number of amidine groups is 1. The Morgan fingerprint density at radius 2 is 2.13 bits per heavy atom. The highest BCUT2D eigenvalue weighted by atomic mass is 79.9. The van der Waals surface area contributed by atoms with Crippen molar-refractivity contribution >= 4 is 31.9 Å². The summed E-state index contributed by atoms with van der Waals surface area (Å²) in [5.74, 6) is 0.0971. The van der Waals surface area contributed by atoms with Crippen molar-refractivity contribution in [1.29, 1.82) is 0 Å². The zero-order chi connectivity index (χ0) is 16.9. The minimum Gasteiger partial charge on any atom is -0.386 e. The van der Waals surface area contributed by atoms with Crippen LogP contribution in [0.2, 0.25) is 0 Å². The van der Waals surface area contributed by atoms with Gasteiger partial charge in [0.2, 0.25) is 0 Å². The minimum atomic E-state index is -2.88. The van der Waals surface area contributed by atoms with Gasteiger partial charge in [0.05, 0.1) is 4.75 Å². The summed E-state index contributed by atoms with van der Waals surface area (Å²) < 4.78 is 31.1. The molecule has 5 nitrogen and oxygen atoms in total. The van der Waals surface area contributed by atoms with E-state index in [0.717, 1.165) is 19.3 Å². The van der Waals surface area contributed by atoms with E-state index in [2.05, 4.69) is 30.6 Å². The molecule has 128 valence electrons. The van der Waals surface area contributed by atoms with E-state index in [1.165, 1.54) is 12.1 Å². The molecule has 3 rings (SSSR count). The lowest BCUT2D eigenvalue weighted by Gasteiger charge is -2.48. The molecule has 2 atom stereocenters. The standard InChI is InChI=1S/C15H22BrFN4OS/c1-14(12-10(17)5-6-11(16)20-12)9-23(22)15(2,13(18)21-14)7-3-4-8-19-23/h5-6,23H,3-4,7-9H2,1-2H3,(H2,18,21)(H,19,22). The van der Waals surface area contributed by atoms with Gasteiger partial charge in [0.25, 0.3) is 0 Å². The van der Waals surface area contributed by atoms with E-state index in [4.69, 9.17) is 5.73 Å². The number of nitrogens with one attached hydrogen (secondary N) is 1. The van der Waals surface area contributed by atoms with Crippen molar-refractivity contribution < 1.29 is 8.60 Å². The third kappa shape index (κ3) is 2.64. The number of thiol groups is 1. The Balaban J connectivity index is 2.16. The molecule has 0 radical (unpaired) electrons. The molecule has 8 heteroatoms. The number of aliphatic imine (C=N–C) groups is 1. The maximum absolute atomic E-state index is 14.3. The number of fused-ring (bicyclic) bond motifs is 1. The normalized spacial score (nSPS) is 34.9. The monoisotopic (exact) mass is 404 g/mol. The Bertz CT molecular complexity index is 727. The second-order valence-corrected chi connectivity index (χ2v) is 10.7. The Morgan fingerprint density at radius 1 is 1.39 bits per heavy atom. The smallest absolute Gasteiger partial charge is 0.147 e. The fraction of sp³-hybridized carbons (Fsp3) is 0.600. The average Bonchev–Trinajstić information content (AvgIpc) is 2.61. The third-order valence-corrected chi connectivity index (χ3v) is 9.31. The van der Waals surface area contributed by atoms with E-state index in [1.807, 2.05) is 6.92 Å². The first-order valence-electron chi connectivity index (χ1n) is 7.73. The molecule has 0 spiro atoms. The molecule has 1 aromatic heterocycles. The van der Waals surface area contributed by atoms with Gasteiger partial charge in [0, 0.05) is 12.3 Å². The lowest BCUT2D eigenvalue weighted by Crippen LogP contribution is -2.64. The van der Waals surface area contributed by atoms with E-state index < -0.39 is 26.2 Å². The SMILES string of the molecule is CC1(c2nc(Br)ccc2F)C[SH]2(=O)NCCCCC2(C)C(N)=N1. The lowest BCUT2D eigenvalue weighted by atomic mass is 9.96. The molecule has 3 heterocycles. The van der Waals surface area contributed by atoms with Crippen molar-refractivity contribution in [2.45, 2.75) is 43.4 Å². The molecule has 0 aliphatic carbocycles. The van der Waals surface area contributed by atoms with E-state index in [1.54, 1.807) is 6.92 Å². The van der Waals surface area contributed by atoms with Crippen LogP contribution in [-0.4, -0.2) is 32.1 Å². The number of aromatic nitrogens is 1. The molecule has 0 saturated carbocycles. The number of nitrogens with zero attached hydrogens (tertiary/aromatic N) is 2. The summed E-state index contributed by atoms with van der Waals surface area (Å²) in [5, 5.41) is 0. The largest absolute Gasteiger partial charge is 0.386 e. The first-order chi connectivity index (χ1) is 10.7. The van der Waals surface area contributed by atoms with Crippen molar-refractivity contribution in [3.05, 3.63) is 28.2 Å². The number of rotatable bonds is 1. The summed E-state index contributed by atoms with van der Waals surface area (Å²) in [5.41, 5.74) is 5.40. The fourth-order valence-corrected chi connectivity index (χ4v) is 7.20. The number of hydrogen-bond acceptors (Lipinski definition) is 4. The predicted octanol–water partition coefficient (Wildman–Crippen LogP) is 2.03. The van der Waals surface area contributed by atoms with Crippen LogP contribution < -0.4 is 10.5 Å². The van der Waals surface area contributed by atoms with Gasteiger partial charge in [-0.05, 0) is 64.9 Å². The molecule has 3 N–H and O–H groups in total. The van der Waals surface area contributed by atoms with Gasteiger partial charge in [-0.15, -0.1) is 0 Å². The molecule has 2 aliphatic rings. The predicted molar refractivity (Wildman–Crippen MR) is 95.5 cm³/mol. The number of nitrogens with two attached hydrogens (primary N) is 1. The minimum absolute atomic E-state index is 0.179. The Morgan fingerprint density at radius 3 is 2.87 bits per heavy atom. The van der Waals surface area contributed by atoms with Crippen LogP contribution in [0.25, 0.3) is 0 Å². The summed E-state index contributed by atoms with van der Waals surface area (Å²) in [7, 11) is -2.88. The molecular formula is C15H22BrFN4OS. The number of halogens is 2. The highest BCUT2D eigenvalue weighted by Gasteiger charge is 2.52. The van der Waals surface area contributed by atoms with Crippen molar-refractivity contribution in [3.8, 4) is 0 Å². The second-order valence-electron chi connectivity index (χ2n) is 6.77. The summed E-state index contributed by atoms with van der Waals surface area (Å²) in [4.78, 5) is 8.84. The second kappa shape index (κ2) is 5.60. The fourth-order valence-electron chi connectivity index (χ4n) is 3.53. The molecule has 0 amide bonds. The van der Waals surface area contributed by atoms with Crippen molar-refractivity contribution in [3.63, 3.8) is 0 Å². The van der Waals surface area contributed by atoms with Gasteiger partial charge in [0.15, 0.2) is 0 Å². The van der Waals surface area contributed by atoms with Crippen LogP contribution in [0.5, 0.6) is 0 Å². The Hall–Kier alpha value is -0.860. The summed E-state index contributed by atoms with van der Waals surface area (Å²) >= 11 is 3.27. The van der Waals surface area contributed by atoms with E-state index in [9.17, 15) is 8.60 Å². The van der Waals surface area contributed by atoms with Crippen LogP contribution in [0.1, 0.15) is 38.8 Å². The van der Waals surface area contributed by atoms with Crippen LogP contribution in [0.3, 0.4) is 0 Å². The maximum Gasteiger partial charge on any atom is 0.147 e. The van der Waals surface area contributed by atoms with E-state index >= 15 is 0 Å². The highest BCUT2D eigenvalue weighted by molar-refractivity contribution is 9.10. The van der Waals surface area contributed by atoms with Gasteiger partial charge in [-0.3, -0.25) is 13.9 Å². The molecule has 2 aliphatic heterocycles. The maximum atomic E-state index is 14.3. The van der Waals surface area contributed by atoms with Crippen molar-refractivity contribution in [1.82, 2.24) is 9.71 Å². The van der Waals surface area contributed by atoms with Crippen LogP contribution in [0, 0.1) is 5.82 Å². The first kappa shape index (κ1) is 17.0. The van der Waals surface area contributed by atoms with Crippen LogP contribution in [0.4, 0.5) is 4.39 Å². The zero-order valence-electron chi connectivity index (χ0n) is 13.3. The molecule has 0 bridgehead atoms. The van der Waals surface area contributed by atoms with E-state index in [-0.39, 0.29) is 11.4 Å². The number of hydrogen-bond donors (Lipinski definition) is 3. The quantitative estimate of drug-likeness (QED) is 0.494. The molecule has 1 aromatic rings. The van der Waals surface area contributed by atoms with Gasteiger partial charge in [-0.2, -0.15) is 0 Å². The topological polar surface area (TPSA) is 80.4 Å². The lowest BCUT2D eigenvalue weighted by molar-refractivity contribution is 0.464. The Kier molecular flexibility index (Phi) is 4.13. The number of pyridine rings is 1. The average molecular weight is 405 g/mol. The van der Waals surface area contributed by atoms with Gasteiger partial charge in [-0.1, -0.05) is 6.42 Å². The Labute approximate surface area is 145 Å². The molecule has 2 unspecified atom stereocenters. The molecule has 0 aromatic carbocycles. The van der Waals surface area contributed by atoms with Crippen molar-refractivity contribution in [2.75, 3.05) is 12.3 Å². The molecular weight excluding hydrogens is 383 g/mol. The highest BCUT2D eigenvalue weighted by Crippen LogP contribution is 2.42. The van der Waals surface area contributed by atoms with Crippen LogP contribution in [-0.2, 0) is 15.7 Å². The van der Waals surface area contributed by atoms with Gasteiger partial charge in [-0.25, -0.2) is 9.37 Å². The van der Waals surface area contributed by atoms with Gasteiger partial charge < -0.3 is 5.73 Å². The zero-order valence-corrected chi connectivity index (χ0v) is 15.8. The van der Waals surface area contributed by atoms with Gasteiger partial charge in [0.1, 0.15) is 27.5 Å². The first-order valence-corrected chi connectivity index (χ1v) is 10.4. The van der Waals surface area contributed by atoms with Crippen LogP contribution in [0.15, 0.2) is 21.7 Å². The summed E-state index contributed by atoms with van der Waals surface area (Å²) in [6, 6.07) is 2.88. The molecule has 1 fully saturated rings. The molecule has 1 saturated heterocycles.